The molecule has 5 heteroatoms. The SMILES string of the molecule is CCOc1cc(C)c(/C=C/B2OC(C)(C)C(C)(C)O2)cn1. The Bertz CT molecular complexity index is 524. The number of hydrogen-bond donors (Lipinski definition) is 0. The van der Waals surface area contributed by atoms with Crippen LogP contribution < -0.4 is 4.74 Å². The van der Waals surface area contributed by atoms with Crippen LogP contribution in [0.3, 0.4) is 0 Å². The standard InChI is InChI=1S/C16H24BNO3/c1-7-19-14-10-12(2)13(11-18-14)8-9-17-20-15(3,4)16(5,6)21-17/h8-11H,7H2,1-6H3/b9-8+. The lowest BCUT2D eigenvalue weighted by Gasteiger charge is -2.32. The van der Waals surface area contributed by atoms with Crippen LogP contribution in [0.2, 0.25) is 0 Å². The molecular formula is C16H24BNO3. The average molecular weight is 289 g/mol. The highest BCUT2D eigenvalue weighted by molar-refractivity contribution is 6.52. The largest absolute Gasteiger partial charge is 0.487 e. The molecule has 1 fully saturated rings. The normalized spacial score (nSPS) is 20.2. The molecule has 0 unspecified atom stereocenters. The molecule has 1 aliphatic heterocycles. The van der Waals surface area contributed by atoms with Crippen molar-refractivity contribution in [3.05, 3.63) is 29.4 Å². The van der Waals surface area contributed by atoms with Gasteiger partial charge in [-0.15, -0.1) is 0 Å². The summed E-state index contributed by atoms with van der Waals surface area (Å²) in [7, 11) is -0.332. The summed E-state index contributed by atoms with van der Waals surface area (Å²) in [6.07, 6.45) is 3.79. The van der Waals surface area contributed by atoms with Crippen LogP contribution in [-0.4, -0.2) is 29.9 Å². The third kappa shape index (κ3) is 3.47. The van der Waals surface area contributed by atoms with Gasteiger partial charge in [-0.25, -0.2) is 4.98 Å². The van der Waals surface area contributed by atoms with Crippen LogP contribution in [0.4, 0.5) is 0 Å². The van der Waals surface area contributed by atoms with Crippen LogP contribution in [-0.2, 0) is 9.31 Å². The van der Waals surface area contributed by atoms with Crippen LogP contribution in [0.15, 0.2) is 18.2 Å². The minimum Gasteiger partial charge on any atom is -0.478 e. The van der Waals surface area contributed by atoms with Crippen LogP contribution in [0.1, 0.15) is 45.7 Å². The van der Waals surface area contributed by atoms with Gasteiger partial charge in [0, 0.05) is 12.3 Å². The van der Waals surface area contributed by atoms with Crippen molar-refractivity contribution < 1.29 is 14.0 Å². The molecule has 1 aromatic heterocycles. The molecule has 0 bridgehead atoms. The molecule has 1 saturated heterocycles. The summed E-state index contributed by atoms with van der Waals surface area (Å²) in [6.45, 7) is 12.8. The molecule has 0 radical (unpaired) electrons. The molecule has 2 heterocycles. The van der Waals surface area contributed by atoms with Crippen molar-refractivity contribution in [2.75, 3.05) is 6.61 Å². The number of rotatable bonds is 4. The molecular weight excluding hydrogens is 265 g/mol. The molecule has 0 aromatic carbocycles. The van der Waals surface area contributed by atoms with E-state index in [0.717, 1.165) is 11.1 Å². The maximum Gasteiger partial charge on any atom is 0.487 e. The van der Waals surface area contributed by atoms with E-state index in [1.807, 2.05) is 65.9 Å². The van der Waals surface area contributed by atoms with Crippen molar-refractivity contribution >= 4 is 13.2 Å². The molecule has 0 spiro atoms. The number of aromatic nitrogens is 1. The van der Waals surface area contributed by atoms with E-state index in [0.29, 0.717) is 12.5 Å². The van der Waals surface area contributed by atoms with Gasteiger partial charge in [0.05, 0.1) is 17.8 Å². The maximum absolute atomic E-state index is 5.93. The topological polar surface area (TPSA) is 40.6 Å². The highest BCUT2D eigenvalue weighted by atomic mass is 16.7. The zero-order valence-corrected chi connectivity index (χ0v) is 13.8. The summed E-state index contributed by atoms with van der Waals surface area (Å²) >= 11 is 0. The molecule has 4 nitrogen and oxygen atoms in total. The van der Waals surface area contributed by atoms with Gasteiger partial charge >= 0.3 is 7.12 Å². The Labute approximate surface area is 127 Å². The molecule has 0 amide bonds. The Balaban J connectivity index is 2.09. The van der Waals surface area contributed by atoms with Gasteiger partial charge in [-0.2, -0.15) is 0 Å². The lowest BCUT2D eigenvalue weighted by atomic mass is 9.89. The van der Waals surface area contributed by atoms with Gasteiger partial charge in [-0.3, -0.25) is 0 Å². The zero-order valence-electron chi connectivity index (χ0n) is 13.8. The van der Waals surface area contributed by atoms with E-state index in [-0.39, 0.29) is 18.3 Å². The fraction of sp³-hybridized carbons (Fsp3) is 0.562. The molecule has 0 aliphatic carbocycles. The molecule has 2 rings (SSSR count). The van der Waals surface area contributed by atoms with E-state index >= 15 is 0 Å². The highest BCUT2D eigenvalue weighted by Crippen LogP contribution is 2.37. The first-order chi connectivity index (χ1) is 9.75. The van der Waals surface area contributed by atoms with Crippen molar-refractivity contribution in [1.82, 2.24) is 4.98 Å². The number of ether oxygens (including phenoxy) is 1. The summed E-state index contributed by atoms with van der Waals surface area (Å²) in [4.78, 5) is 4.28. The summed E-state index contributed by atoms with van der Waals surface area (Å²) in [5, 5.41) is 0. The lowest BCUT2D eigenvalue weighted by molar-refractivity contribution is 0.00578. The van der Waals surface area contributed by atoms with Gasteiger partial charge in [0.15, 0.2) is 0 Å². The Morgan fingerprint density at radius 2 is 1.86 bits per heavy atom. The lowest BCUT2D eigenvalue weighted by Crippen LogP contribution is -2.41. The summed E-state index contributed by atoms with van der Waals surface area (Å²) in [5.41, 5.74) is 1.52. The zero-order chi connectivity index (χ0) is 15.7. The number of nitrogens with zero attached hydrogens (tertiary/aromatic N) is 1. The van der Waals surface area contributed by atoms with Crippen molar-refractivity contribution in [3.63, 3.8) is 0 Å². The first-order valence-corrected chi connectivity index (χ1v) is 7.38. The summed E-state index contributed by atoms with van der Waals surface area (Å²) in [6, 6.07) is 1.94. The Morgan fingerprint density at radius 1 is 1.24 bits per heavy atom. The second-order valence-electron chi connectivity index (χ2n) is 6.30. The van der Waals surface area contributed by atoms with E-state index in [1.165, 1.54) is 0 Å². The predicted molar refractivity (Wildman–Crippen MR) is 85.3 cm³/mol. The third-order valence-corrected chi connectivity index (χ3v) is 4.12. The number of hydrogen-bond acceptors (Lipinski definition) is 4. The fourth-order valence-electron chi connectivity index (χ4n) is 2.09. The van der Waals surface area contributed by atoms with E-state index in [9.17, 15) is 0 Å². The molecule has 0 N–H and O–H groups in total. The molecule has 0 atom stereocenters. The first kappa shape index (κ1) is 16.1. The molecule has 1 aromatic rings. The van der Waals surface area contributed by atoms with Crippen molar-refractivity contribution in [3.8, 4) is 5.88 Å². The number of pyridine rings is 1. The van der Waals surface area contributed by atoms with Gasteiger partial charge < -0.3 is 14.0 Å². The van der Waals surface area contributed by atoms with Crippen molar-refractivity contribution in [2.24, 2.45) is 0 Å². The van der Waals surface area contributed by atoms with Crippen LogP contribution in [0.5, 0.6) is 5.88 Å². The second-order valence-corrected chi connectivity index (χ2v) is 6.30. The Morgan fingerprint density at radius 3 is 2.38 bits per heavy atom. The third-order valence-electron chi connectivity index (χ3n) is 4.12. The monoisotopic (exact) mass is 289 g/mol. The van der Waals surface area contributed by atoms with Crippen LogP contribution >= 0.6 is 0 Å². The molecule has 114 valence electrons. The van der Waals surface area contributed by atoms with E-state index in [2.05, 4.69) is 4.98 Å². The van der Waals surface area contributed by atoms with Crippen LogP contribution in [0.25, 0.3) is 6.08 Å². The van der Waals surface area contributed by atoms with Gasteiger partial charge in [0.25, 0.3) is 0 Å². The fourth-order valence-corrected chi connectivity index (χ4v) is 2.09. The van der Waals surface area contributed by atoms with Crippen molar-refractivity contribution in [2.45, 2.75) is 52.7 Å². The molecule has 21 heavy (non-hydrogen) atoms. The van der Waals surface area contributed by atoms with Gasteiger partial charge in [-0.05, 0) is 52.7 Å². The molecule has 1 aliphatic rings. The van der Waals surface area contributed by atoms with Crippen molar-refractivity contribution in [1.29, 1.82) is 0 Å². The highest BCUT2D eigenvalue weighted by Gasteiger charge is 2.49. The van der Waals surface area contributed by atoms with E-state index in [4.69, 9.17) is 14.0 Å². The van der Waals surface area contributed by atoms with Gasteiger partial charge in [0.2, 0.25) is 5.88 Å². The summed E-state index contributed by atoms with van der Waals surface area (Å²) in [5.74, 6) is 2.59. The molecule has 0 saturated carbocycles. The van der Waals surface area contributed by atoms with Gasteiger partial charge in [0.1, 0.15) is 0 Å². The minimum atomic E-state index is -0.332. The maximum atomic E-state index is 5.93. The predicted octanol–water partition coefficient (Wildman–Crippen LogP) is 3.43. The van der Waals surface area contributed by atoms with E-state index in [1.54, 1.807) is 0 Å². The quantitative estimate of drug-likeness (QED) is 0.796. The minimum absolute atomic E-state index is 0.311. The Kier molecular flexibility index (Phi) is 4.44. The Hall–Kier alpha value is -1.33. The first-order valence-electron chi connectivity index (χ1n) is 7.38. The summed E-state index contributed by atoms with van der Waals surface area (Å²) < 4.78 is 17.3. The van der Waals surface area contributed by atoms with Gasteiger partial charge in [-0.1, -0.05) is 12.1 Å². The average Bonchev–Trinajstić information content (AvgIpc) is 2.57. The number of aryl methyl sites for hydroxylation is 1. The smallest absolute Gasteiger partial charge is 0.478 e. The second kappa shape index (κ2) is 5.81. The van der Waals surface area contributed by atoms with E-state index < -0.39 is 0 Å². The van der Waals surface area contributed by atoms with Crippen LogP contribution in [0, 0.1) is 6.92 Å².